The van der Waals surface area contributed by atoms with E-state index >= 15 is 0 Å². The van der Waals surface area contributed by atoms with Gasteiger partial charge in [-0.25, -0.2) is 4.98 Å². The fourth-order valence-corrected chi connectivity index (χ4v) is 1.54. The maximum atomic E-state index is 6.14. The van der Waals surface area contributed by atoms with Crippen molar-refractivity contribution in [1.82, 2.24) is 4.98 Å². The highest BCUT2D eigenvalue weighted by Gasteiger charge is 2.23. The Hall–Kier alpha value is -0.600. The first kappa shape index (κ1) is 11.5. The minimum atomic E-state index is -0.00716. The number of aryl methyl sites for hydroxylation is 1. The Morgan fingerprint density at radius 2 is 2.00 bits per heavy atom. The van der Waals surface area contributed by atoms with Crippen LogP contribution in [0.2, 0.25) is 5.15 Å². The fourth-order valence-electron chi connectivity index (χ4n) is 1.32. The van der Waals surface area contributed by atoms with Gasteiger partial charge in [-0.1, -0.05) is 32.4 Å². The molecule has 0 radical (unpaired) electrons. The van der Waals surface area contributed by atoms with Gasteiger partial charge in [-0.3, -0.25) is 0 Å². The molecule has 0 aliphatic carbocycles. The second-order valence-corrected chi connectivity index (χ2v) is 5.09. The number of nitrogens with two attached hydrogens (primary N) is 1. The number of rotatable bonds is 1. The highest BCUT2D eigenvalue weighted by Crippen LogP contribution is 2.32. The molecule has 1 heterocycles. The van der Waals surface area contributed by atoms with Crippen molar-refractivity contribution in [3.05, 3.63) is 28.5 Å². The Bertz CT molecular complexity index is 329. The van der Waals surface area contributed by atoms with E-state index in [2.05, 4.69) is 25.8 Å². The SMILES string of the molecule is Cc1cc(Cl)ncc1C(N)C(C)(C)C. The van der Waals surface area contributed by atoms with Gasteiger partial charge in [0.2, 0.25) is 0 Å². The average Bonchev–Trinajstić information content (AvgIpc) is 2.01. The number of nitrogens with zero attached hydrogens (tertiary/aromatic N) is 1. The predicted octanol–water partition coefficient (Wildman–Crippen LogP) is 3.09. The van der Waals surface area contributed by atoms with E-state index in [1.165, 1.54) is 0 Å². The summed E-state index contributed by atoms with van der Waals surface area (Å²) < 4.78 is 0. The molecule has 0 amide bonds. The Morgan fingerprint density at radius 1 is 1.43 bits per heavy atom. The zero-order chi connectivity index (χ0) is 10.9. The fraction of sp³-hybridized carbons (Fsp3) is 0.545. The molecule has 0 aliphatic heterocycles. The molecule has 0 spiro atoms. The average molecular weight is 213 g/mol. The molecular formula is C11H17ClN2. The summed E-state index contributed by atoms with van der Waals surface area (Å²) in [6, 6.07) is 1.84. The molecule has 14 heavy (non-hydrogen) atoms. The van der Waals surface area contributed by atoms with Crippen LogP contribution in [0.5, 0.6) is 0 Å². The molecule has 0 aromatic carbocycles. The summed E-state index contributed by atoms with van der Waals surface area (Å²) in [6.07, 6.45) is 1.77. The van der Waals surface area contributed by atoms with Crippen molar-refractivity contribution in [2.45, 2.75) is 33.7 Å². The van der Waals surface area contributed by atoms with Gasteiger partial charge in [0.1, 0.15) is 5.15 Å². The Balaban J connectivity index is 3.08. The quantitative estimate of drug-likeness (QED) is 0.727. The Morgan fingerprint density at radius 3 is 2.43 bits per heavy atom. The van der Waals surface area contributed by atoms with Gasteiger partial charge in [0.05, 0.1) is 0 Å². The van der Waals surface area contributed by atoms with E-state index in [-0.39, 0.29) is 11.5 Å². The number of aromatic nitrogens is 1. The lowest BCUT2D eigenvalue weighted by Gasteiger charge is -2.28. The number of hydrogen-bond acceptors (Lipinski definition) is 2. The molecule has 1 aromatic rings. The molecule has 0 saturated heterocycles. The van der Waals surface area contributed by atoms with Gasteiger partial charge in [-0.15, -0.1) is 0 Å². The molecule has 0 aliphatic rings. The second-order valence-electron chi connectivity index (χ2n) is 4.71. The van der Waals surface area contributed by atoms with Crippen LogP contribution in [0.4, 0.5) is 0 Å². The lowest BCUT2D eigenvalue weighted by molar-refractivity contribution is 0.325. The third kappa shape index (κ3) is 2.46. The van der Waals surface area contributed by atoms with Crippen LogP contribution in [-0.4, -0.2) is 4.98 Å². The Kier molecular flexibility index (Phi) is 3.17. The van der Waals surface area contributed by atoms with Crippen LogP contribution in [0, 0.1) is 12.3 Å². The van der Waals surface area contributed by atoms with Crippen molar-refractivity contribution in [3.63, 3.8) is 0 Å². The maximum Gasteiger partial charge on any atom is 0.129 e. The number of pyridine rings is 1. The van der Waals surface area contributed by atoms with E-state index in [0.717, 1.165) is 11.1 Å². The van der Waals surface area contributed by atoms with Gasteiger partial charge >= 0.3 is 0 Å². The zero-order valence-corrected chi connectivity index (χ0v) is 9.89. The third-order valence-corrected chi connectivity index (χ3v) is 2.59. The van der Waals surface area contributed by atoms with Gasteiger partial charge in [-0.05, 0) is 29.5 Å². The van der Waals surface area contributed by atoms with E-state index in [0.29, 0.717) is 5.15 Å². The van der Waals surface area contributed by atoms with Crippen molar-refractivity contribution >= 4 is 11.6 Å². The summed E-state index contributed by atoms with van der Waals surface area (Å²) >= 11 is 5.78. The normalized spacial score (nSPS) is 14.1. The van der Waals surface area contributed by atoms with Gasteiger partial charge in [0.25, 0.3) is 0 Å². The Labute approximate surface area is 90.5 Å². The van der Waals surface area contributed by atoms with E-state index in [1.807, 2.05) is 13.0 Å². The lowest BCUT2D eigenvalue weighted by Crippen LogP contribution is -2.27. The largest absolute Gasteiger partial charge is 0.323 e. The van der Waals surface area contributed by atoms with Crippen molar-refractivity contribution in [1.29, 1.82) is 0 Å². The van der Waals surface area contributed by atoms with Crippen LogP contribution < -0.4 is 5.73 Å². The van der Waals surface area contributed by atoms with E-state index < -0.39 is 0 Å². The molecule has 1 rings (SSSR count). The topological polar surface area (TPSA) is 38.9 Å². The van der Waals surface area contributed by atoms with Crippen molar-refractivity contribution in [2.24, 2.45) is 11.1 Å². The first-order valence-corrected chi connectivity index (χ1v) is 5.08. The van der Waals surface area contributed by atoms with Crippen LogP contribution in [0.3, 0.4) is 0 Å². The molecule has 3 heteroatoms. The molecule has 1 atom stereocenters. The minimum Gasteiger partial charge on any atom is -0.323 e. The first-order valence-electron chi connectivity index (χ1n) is 4.70. The summed E-state index contributed by atoms with van der Waals surface area (Å²) in [7, 11) is 0. The standard InChI is InChI=1S/C11H17ClN2/c1-7-5-9(12)14-6-8(7)10(13)11(2,3)4/h5-6,10H,13H2,1-4H3. The number of halogens is 1. The van der Waals surface area contributed by atoms with Crippen LogP contribution in [-0.2, 0) is 0 Å². The van der Waals surface area contributed by atoms with Crippen LogP contribution >= 0.6 is 11.6 Å². The maximum absolute atomic E-state index is 6.14. The van der Waals surface area contributed by atoms with Gasteiger partial charge in [0.15, 0.2) is 0 Å². The van der Waals surface area contributed by atoms with E-state index in [4.69, 9.17) is 17.3 Å². The molecule has 0 fully saturated rings. The summed E-state index contributed by atoms with van der Waals surface area (Å²) in [5.41, 5.74) is 8.36. The lowest BCUT2D eigenvalue weighted by atomic mass is 9.82. The molecular weight excluding hydrogens is 196 g/mol. The van der Waals surface area contributed by atoms with E-state index in [1.54, 1.807) is 6.20 Å². The summed E-state index contributed by atoms with van der Waals surface area (Å²) in [5.74, 6) is 0. The van der Waals surface area contributed by atoms with Crippen molar-refractivity contribution in [2.75, 3.05) is 0 Å². The molecule has 2 N–H and O–H groups in total. The summed E-state index contributed by atoms with van der Waals surface area (Å²) in [5, 5.41) is 0.521. The highest BCUT2D eigenvalue weighted by molar-refractivity contribution is 6.29. The predicted molar refractivity (Wildman–Crippen MR) is 60.4 cm³/mol. The third-order valence-electron chi connectivity index (χ3n) is 2.39. The molecule has 0 saturated carbocycles. The van der Waals surface area contributed by atoms with Crippen LogP contribution in [0.25, 0.3) is 0 Å². The van der Waals surface area contributed by atoms with Gasteiger partial charge < -0.3 is 5.73 Å². The van der Waals surface area contributed by atoms with Crippen molar-refractivity contribution < 1.29 is 0 Å². The van der Waals surface area contributed by atoms with E-state index in [9.17, 15) is 0 Å². The molecule has 1 unspecified atom stereocenters. The molecule has 0 bridgehead atoms. The van der Waals surface area contributed by atoms with Crippen LogP contribution in [0.15, 0.2) is 12.3 Å². The van der Waals surface area contributed by atoms with Crippen molar-refractivity contribution in [3.8, 4) is 0 Å². The minimum absolute atomic E-state index is 0.00716. The van der Waals surface area contributed by atoms with Crippen LogP contribution in [0.1, 0.15) is 37.9 Å². The molecule has 2 nitrogen and oxygen atoms in total. The number of hydrogen-bond donors (Lipinski definition) is 1. The summed E-state index contributed by atoms with van der Waals surface area (Å²) in [4.78, 5) is 4.06. The first-order chi connectivity index (χ1) is 6.32. The monoisotopic (exact) mass is 212 g/mol. The van der Waals surface area contributed by atoms with Gasteiger partial charge in [-0.2, -0.15) is 0 Å². The van der Waals surface area contributed by atoms with Gasteiger partial charge in [0, 0.05) is 12.2 Å². The highest BCUT2D eigenvalue weighted by atomic mass is 35.5. The zero-order valence-electron chi connectivity index (χ0n) is 9.13. The smallest absolute Gasteiger partial charge is 0.129 e. The summed E-state index contributed by atoms with van der Waals surface area (Å²) in [6.45, 7) is 8.36. The molecule has 78 valence electrons. The second kappa shape index (κ2) is 3.87. The molecule has 1 aromatic heterocycles.